The van der Waals surface area contributed by atoms with Gasteiger partial charge in [0.1, 0.15) is 5.15 Å². The third kappa shape index (κ3) is 26.1. The number of rotatable bonds is 24. The third-order valence-corrected chi connectivity index (χ3v) is 9.24. The monoisotopic (exact) mass is 790 g/mol. The number of nitrogens with zero attached hydrogens (tertiary/aromatic N) is 4. The first-order chi connectivity index (χ1) is 24.2. The van der Waals surface area contributed by atoms with E-state index >= 15 is 0 Å². The van der Waals surface area contributed by atoms with Gasteiger partial charge in [0.15, 0.2) is 0 Å². The maximum Gasteiger partial charge on any atom is 2.00 e. The van der Waals surface area contributed by atoms with E-state index in [0.29, 0.717) is 5.15 Å². The molecule has 0 atom stereocenters. The van der Waals surface area contributed by atoms with Crippen LogP contribution in [0.3, 0.4) is 0 Å². The van der Waals surface area contributed by atoms with Gasteiger partial charge < -0.3 is 23.9 Å². The zero-order valence-electron chi connectivity index (χ0n) is 32.4. The Morgan fingerprint density at radius 3 is 1.25 bits per heavy atom. The smallest absolute Gasteiger partial charge is 1.00 e. The Bertz CT molecular complexity index is 1330. The molecule has 2 heterocycles. The predicted octanol–water partition coefficient (Wildman–Crippen LogP) is 11.3. The van der Waals surface area contributed by atoms with Crippen molar-refractivity contribution < 1.29 is 17.0 Å². The Labute approximate surface area is 344 Å². The Balaban J connectivity index is 0.000000789. The largest absolute Gasteiger partial charge is 2.00 e. The van der Waals surface area contributed by atoms with Gasteiger partial charge in [-0.2, -0.15) is 6.42 Å². The van der Waals surface area contributed by atoms with Crippen LogP contribution >= 0.6 is 11.6 Å². The van der Waals surface area contributed by atoms with E-state index in [1.54, 1.807) is 6.20 Å². The topological polar surface area (TPSA) is 51.6 Å². The fraction of sp³-hybridized carbons (Fsp3) is 0.614. The number of unbranched alkanes of at least 4 members (excludes halogenated alkanes) is 22. The van der Waals surface area contributed by atoms with Crippen LogP contribution in [-0.4, -0.2) is 43.0 Å². The van der Waals surface area contributed by atoms with Gasteiger partial charge in [-0.15, -0.1) is 0 Å². The first-order valence-corrected chi connectivity index (χ1v) is 20.4. The van der Waals surface area contributed by atoms with Crippen molar-refractivity contribution in [2.75, 3.05) is 0 Å². The molecular weight excluding hydrogens is 724 g/mol. The fourth-order valence-electron chi connectivity index (χ4n) is 6.04. The molecule has 2 aromatic carbocycles. The van der Waals surface area contributed by atoms with Crippen LogP contribution < -0.4 is 17.0 Å². The van der Waals surface area contributed by atoms with Gasteiger partial charge in [0, 0.05) is 6.20 Å². The van der Waals surface area contributed by atoms with Gasteiger partial charge in [-0.3, -0.25) is 9.97 Å². The number of fused-ring (bicyclic) bond motifs is 2. The Hall–Kier alpha value is -1.34. The van der Waals surface area contributed by atoms with Crippen molar-refractivity contribution in [3.8, 4) is 0 Å². The normalized spacial score (nSPS) is 10.4. The minimum Gasteiger partial charge on any atom is -1.00 e. The van der Waals surface area contributed by atoms with Crippen molar-refractivity contribution in [3.05, 3.63) is 78.7 Å². The van der Waals surface area contributed by atoms with Crippen molar-refractivity contribution in [1.29, 1.82) is 0 Å². The van der Waals surface area contributed by atoms with Crippen LogP contribution in [-0.2, 0) is 6.42 Å². The SMILES string of the molecule is CCCCCCCCCCCCCCc1cnc2ccccc2n1.Clc1cnc2ccccc2n1.[Br-].[CH2-]CCCCCCCCCCCCC.[Mg+2]. The van der Waals surface area contributed by atoms with Gasteiger partial charge >= 0.3 is 23.1 Å². The van der Waals surface area contributed by atoms with Gasteiger partial charge in [-0.05, 0) is 37.1 Å². The molecule has 2 aromatic heterocycles. The van der Waals surface area contributed by atoms with Crippen molar-refractivity contribution in [1.82, 2.24) is 19.9 Å². The molecule has 0 N–H and O–H groups in total. The number of aryl methyl sites for hydroxylation is 1. The number of aromatic nitrogens is 4. The molecule has 0 radical (unpaired) electrons. The van der Waals surface area contributed by atoms with E-state index < -0.39 is 0 Å². The first-order valence-electron chi connectivity index (χ1n) is 20.0. The molecule has 0 aliphatic rings. The summed E-state index contributed by atoms with van der Waals surface area (Å²) in [4.78, 5) is 17.4. The molecule has 0 aliphatic carbocycles. The summed E-state index contributed by atoms with van der Waals surface area (Å²) in [5.74, 6) is 0. The minimum absolute atomic E-state index is 0. The number of para-hydroxylation sites is 4. The van der Waals surface area contributed by atoms with Crippen molar-refractivity contribution in [2.45, 2.75) is 174 Å². The maximum atomic E-state index is 5.65. The Morgan fingerprint density at radius 2 is 0.824 bits per heavy atom. The van der Waals surface area contributed by atoms with Gasteiger partial charge in [0.2, 0.25) is 0 Å². The van der Waals surface area contributed by atoms with Crippen LogP contribution in [0.25, 0.3) is 22.1 Å². The molecule has 0 spiro atoms. The molecule has 280 valence electrons. The molecule has 0 saturated heterocycles. The van der Waals surface area contributed by atoms with E-state index in [9.17, 15) is 0 Å². The zero-order valence-corrected chi connectivity index (χ0v) is 36.2. The van der Waals surface area contributed by atoms with Gasteiger partial charge in [0.05, 0.1) is 34.0 Å². The van der Waals surface area contributed by atoms with Crippen molar-refractivity contribution >= 4 is 56.7 Å². The van der Waals surface area contributed by atoms with Crippen LogP contribution in [0, 0.1) is 6.92 Å². The molecule has 0 fully saturated rings. The molecule has 0 bridgehead atoms. The van der Waals surface area contributed by atoms with Crippen LogP contribution in [0.2, 0.25) is 5.15 Å². The van der Waals surface area contributed by atoms with Gasteiger partial charge in [-0.1, -0.05) is 191 Å². The summed E-state index contributed by atoms with van der Waals surface area (Å²) >= 11 is 5.65. The molecule has 0 amide bonds. The summed E-state index contributed by atoms with van der Waals surface area (Å²) < 4.78 is 0. The third-order valence-electron chi connectivity index (χ3n) is 9.06. The molecule has 0 saturated carbocycles. The fourth-order valence-corrected chi connectivity index (χ4v) is 6.18. The second-order valence-corrected chi connectivity index (χ2v) is 13.9. The number of benzene rings is 2. The van der Waals surface area contributed by atoms with Crippen LogP contribution in [0.4, 0.5) is 0 Å². The van der Waals surface area contributed by atoms with Crippen molar-refractivity contribution in [3.63, 3.8) is 0 Å². The second-order valence-electron chi connectivity index (χ2n) is 13.6. The average molecular weight is 793 g/mol. The van der Waals surface area contributed by atoms with Gasteiger partial charge in [-0.25, -0.2) is 9.97 Å². The van der Waals surface area contributed by atoms with Crippen LogP contribution in [0.15, 0.2) is 60.9 Å². The quantitative estimate of drug-likeness (QED) is 0.0403. The summed E-state index contributed by atoms with van der Waals surface area (Å²) in [5.41, 5.74) is 4.86. The van der Waals surface area contributed by atoms with E-state index in [-0.39, 0.29) is 40.0 Å². The van der Waals surface area contributed by atoms with Crippen molar-refractivity contribution in [2.24, 2.45) is 0 Å². The molecule has 4 rings (SSSR count). The number of halogens is 2. The summed E-state index contributed by atoms with van der Waals surface area (Å²) in [6.45, 7) is 8.43. The first kappa shape index (κ1) is 49.7. The summed E-state index contributed by atoms with van der Waals surface area (Å²) in [6, 6.07) is 15.7. The van der Waals surface area contributed by atoms with Crippen LogP contribution in [0.1, 0.15) is 174 Å². The van der Waals surface area contributed by atoms with E-state index in [0.717, 1.165) is 40.6 Å². The maximum absolute atomic E-state index is 5.65. The van der Waals surface area contributed by atoms with E-state index in [2.05, 4.69) is 35.7 Å². The number of hydrogen-bond acceptors (Lipinski definition) is 4. The standard InChI is InChI=1S/C22H34N2.C14H29.C8H5ClN2.BrH.Mg/c1-2-3-4-5-6-7-8-9-10-11-12-13-16-20-19-23-21-17-14-15-18-22(21)24-20;1-3-5-7-9-11-13-14-12-10-8-6-4-2;9-8-5-10-6-3-1-2-4-7(6)11-8;;/h14-15,17-19H,2-13,16H2,1H3;1,3-14H2,2H3;1-5H;1H;/q;-1;;;+2/p-1. The summed E-state index contributed by atoms with van der Waals surface area (Å²) in [5, 5.41) is 0.434. The molecule has 0 unspecified atom stereocenters. The summed E-state index contributed by atoms with van der Waals surface area (Å²) in [6.07, 6.45) is 38.1. The summed E-state index contributed by atoms with van der Waals surface area (Å²) in [7, 11) is 0. The van der Waals surface area contributed by atoms with E-state index in [4.69, 9.17) is 16.6 Å². The minimum atomic E-state index is 0. The molecule has 0 aliphatic heterocycles. The average Bonchev–Trinajstić information content (AvgIpc) is 3.13. The van der Waals surface area contributed by atoms with E-state index in [1.165, 1.54) is 148 Å². The molecule has 51 heavy (non-hydrogen) atoms. The zero-order chi connectivity index (χ0) is 35.0. The van der Waals surface area contributed by atoms with Gasteiger partial charge in [0.25, 0.3) is 0 Å². The predicted molar refractivity (Wildman–Crippen MR) is 221 cm³/mol. The number of hydrogen-bond donors (Lipinski definition) is 0. The second kappa shape index (κ2) is 35.7. The molecule has 7 heteroatoms. The molecule has 4 aromatic rings. The Morgan fingerprint density at radius 1 is 0.471 bits per heavy atom. The molecule has 4 nitrogen and oxygen atoms in total. The molecular formula is C44H68BrClMgN4. The van der Waals surface area contributed by atoms with E-state index in [1.807, 2.05) is 54.7 Å². The van der Waals surface area contributed by atoms with Crippen LogP contribution in [0.5, 0.6) is 0 Å². The Kier molecular flexibility index (Phi) is 34.7.